The average molecular weight is 204 g/mol. The number of nitrogens with two attached hydrogens (primary N) is 1. The molecule has 0 radical (unpaired) electrons. The molecule has 78 valence electrons. The Morgan fingerprint density at radius 1 is 1.47 bits per heavy atom. The van der Waals surface area contributed by atoms with E-state index in [9.17, 15) is 0 Å². The fourth-order valence-electron chi connectivity index (χ4n) is 1.26. The molecule has 0 bridgehead atoms. The van der Waals surface area contributed by atoms with Gasteiger partial charge in [0.2, 0.25) is 0 Å². The summed E-state index contributed by atoms with van der Waals surface area (Å²) in [6.07, 6.45) is 5.15. The van der Waals surface area contributed by atoms with Crippen LogP contribution in [0, 0.1) is 0 Å². The summed E-state index contributed by atoms with van der Waals surface area (Å²) in [6.45, 7) is -0.0806. The fourth-order valence-corrected chi connectivity index (χ4v) is 1.26. The number of rotatable bonds is 3. The molecule has 0 unspecified atom stereocenters. The number of aromatic nitrogens is 3. The summed E-state index contributed by atoms with van der Waals surface area (Å²) in [5.41, 5.74) is 6.46. The second-order valence-corrected chi connectivity index (χ2v) is 3.19. The molecule has 0 amide bonds. The van der Waals surface area contributed by atoms with Crippen LogP contribution in [0.1, 0.15) is 11.6 Å². The van der Waals surface area contributed by atoms with Gasteiger partial charge in [-0.05, 0) is 17.7 Å². The zero-order valence-corrected chi connectivity index (χ0v) is 8.11. The van der Waals surface area contributed by atoms with Gasteiger partial charge in [0, 0.05) is 18.6 Å². The van der Waals surface area contributed by atoms with Crippen LogP contribution in [0.15, 0.2) is 36.8 Å². The number of pyridine rings is 1. The molecule has 0 fully saturated rings. The van der Waals surface area contributed by atoms with Gasteiger partial charge in [-0.1, -0.05) is 6.07 Å². The van der Waals surface area contributed by atoms with Gasteiger partial charge in [0.05, 0.1) is 12.6 Å². The number of nitrogens with zero attached hydrogens (tertiary/aromatic N) is 3. The van der Waals surface area contributed by atoms with E-state index in [0.29, 0.717) is 0 Å². The van der Waals surface area contributed by atoms with Crippen molar-refractivity contribution < 1.29 is 5.11 Å². The molecule has 2 heterocycles. The first kappa shape index (κ1) is 9.82. The zero-order chi connectivity index (χ0) is 10.7. The van der Waals surface area contributed by atoms with Crippen molar-refractivity contribution in [2.45, 2.75) is 6.04 Å². The van der Waals surface area contributed by atoms with E-state index in [1.165, 1.54) is 0 Å². The van der Waals surface area contributed by atoms with Crippen LogP contribution >= 0.6 is 0 Å². The molecule has 1 atom stereocenters. The SMILES string of the molecule is N[C@@H](CO)c1ccc(-n2cccn2)nc1. The van der Waals surface area contributed by atoms with Crippen molar-refractivity contribution in [3.63, 3.8) is 0 Å². The van der Waals surface area contributed by atoms with Crippen LogP contribution < -0.4 is 5.73 Å². The van der Waals surface area contributed by atoms with Crippen LogP contribution in [0.5, 0.6) is 0 Å². The predicted octanol–water partition coefficient (Wildman–Crippen LogP) is 0.259. The van der Waals surface area contributed by atoms with Crippen molar-refractivity contribution in [3.8, 4) is 5.82 Å². The summed E-state index contributed by atoms with van der Waals surface area (Å²) in [5, 5.41) is 12.9. The van der Waals surface area contributed by atoms with Crippen molar-refractivity contribution in [3.05, 3.63) is 42.4 Å². The van der Waals surface area contributed by atoms with Crippen molar-refractivity contribution in [1.29, 1.82) is 0 Å². The van der Waals surface area contributed by atoms with Gasteiger partial charge in [-0.2, -0.15) is 5.10 Å². The Morgan fingerprint density at radius 3 is 2.87 bits per heavy atom. The van der Waals surface area contributed by atoms with E-state index in [2.05, 4.69) is 10.1 Å². The van der Waals surface area contributed by atoms with Gasteiger partial charge < -0.3 is 10.8 Å². The van der Waals surface area contributed by atoms with Gasteiger partial charge >= 0.3 is 0 Å². The lowest BCUT2D eigenvalue weighted by molar-refractivity contribution is 0.268. The van der Waals surface area contributed by atoms with Gasteiger partial charge in [0.15, 0.2) is 5.82 Å². The average Bonchev–Trinajstić information content (AvgIpc) is 2.82. The Morgan fingerprint density at radius 2 is 2.33 bits per heavy atom. The molecule has 0 spiro atoms. The van der Waals surface area contributed by atoms with E-state index < -0.39 is 0 Å². The fraction of sp³-hybridized carbons (Fsp3) is 0.200. The van der Waals surface area contributed by atoms with Crippen molar-refractivity contribution >= 4 is 0 Å². The molecule has 5 heteroatoms. The molecule has 2 aromatic heterocycles. The Bertz CT molecular complexity index is 409. The first-order valence-corrected chi connectivity index (χ1v) is 4.63. The molecule has 0 aromatic carbocycles. The highest BCUT2D eigenvalue weighted by Gasteiger charge is 2.05. The Balaban J connectivity index is 2.25. The van der Waals surface area contributed by atoms with Crippen LogP contribution in [-0.4, -0.2) is 26.5 Å². The molecule has 2 aromatic rings. The lowest BCUT2D eigenvalue weighted by Crippen LogP contribution is -2.14. The van der Waals surface area contributed by atoms with Gasteiger partial charge in [-0.25, -0.2) is 9.67 Å². The lowest BCUT2D eigenvalue weighted by Gasteiger charge is -2.08. The standard InChI is InChI=1S/C10H12N4O/c11-9(7-15)8-2-3-10(12-6-8)14-5-1-4-13-14/h1-6,9,15H,7,11H2/t9-/m0/s1. The quantitative estimate of drug-likeness (QED) is 0.751. The van der Waals surface area contributed by atoms with Crippen LogP contribution in [0.2, 0.25) is 0 Å². The highest BCUT2D eigenvalue weighted by Crippen LogP contribution is 2.10. The Kier molecular flexibility index (Phi) is 2.75. The first-order chi connectivity index (χ1) is 7.31. The molecular weight excluding hydrogens is 192 g/mol. The van der Waals surface area contributed by atoms with Crippen molar-refractivity contribution in [1.82, 2.24) is 14.8 Å². The molecule has 0 aliphatic rings. The maximum atomic E-state index is 8.87. The monoisotopic (exact) mass is 204 g/mol. The van der Waals surface area contributed by atoms with Crippen molar-refractivity contribution in [2.24, 2.45) is 5.73 Å². The zero-order valence-electron chi connectivity index (χ0n) is 8.11. The number of aliphatic hydroxyl groups is 1. The maximum Gasteiger partial charge on any atom is 0.153 e. The molecule has 0 saturated carbocycles. The molecule has 0 saturated heterocycles. The number of hydrogen-bond donors (Lipinski definition) is 2. The smallest absolute Gasteiger partial charge is 0.153 e. The molecular formula is C10H12N4O. The summed E-state index contributed by atoms with van der Waals surface area (Å²) in [5.74, 6) is 0.730. The summed E-state index contributed by atoms with van der Waals surface area (Å²) in [7, 11) is 0. The lowest BCUT2D eigenvalue weighted by atomic mass is 10.1. The van der Waals surface area contributed by atoms with Crippen LogP contribution in [0.25, 0.3) is 5.82 Å². The molecule has 2 rings (SSSR count). The number of aliphatic hydroxyl groups excluding tert-OH is 1. The van der Waals surface area contributed by atoms with Crippen LogP contribution in [-0.2, 0) is 0 Å². The van der Waals surface area contributed by atoms with Gasteiger partial charge in [0.1, 0.15) is 0 Å². The highest BCUT2D eigenvalue weighted by molar-refractivity contribution is 5.25. The van der Waals surface area contributed by atoms with E-state index in [0.717, 1.165) is 11.4 Å². The first-order valence-electron chi connectivity index (χ1n) is 4.63. The molecule has 0 aliphatic heterocycles. The second kappa shape index (κ2) is 4.20. The predicted molar refractivity (Wildman–Crippen MR) is 55.4 cm³/mol. The molecule has 15 heavy (non-hydrogen) atoms. The summed E-state index contributed by atoms with van der Waals surface area (Å²) < 4.78 is 1.66. The third kappa shape index (κ3) is 2.03. The summed E-state index contributed by atoms with van der Waals surface area (Å²) in [4.78, 5) is 4.20. The van der Waals surface area contributed by atoms with Gasteiger partial charge in [-0.15, -0.1) is 0 Å². The number of hydrogen-bond acceptors (Lipinski definition) is 4. The van der Waals surface area contributed by atoms with Crippen LogP contribution in [0.4, 0.5) is 0 Å². The molecule has 0 aliphatic carbocycles. The van der Waals surface area contributed by atoms with Gasteiger partial charge in [0.25, 0.3) is 0 Å². The van der Waals surface area contributed by atoms with Crippen molar-refractivity contribution in [2.75, 3.05) is 6.61 Å². The third-order valence-electron chi connectivity index (χ3n) is 2.13. The van der Waals surface area contributed by atoms with E-state index >= 15 is 0 Å². The normalized spacial score (nSPS) is 12.7. The third-order valence-corrected chi connectivity index (χ3v) is 2.13. The van der Waals surface area contributed by atoms with Crippen LogP contribution in [0.3, 0.4) is 0 Å². The second-order valence-electron chi connectivity index (χ2n) is 3.19. The topological polar surface area (TPSA) is 77.0 Å². The minimum absolute atomic E-state index is 0.0806. The van der Waals surface area contributed by atoms with E-state index in [1.54, 1.807) is 17.1 Å². The summed E-state index contributed by atoms with van der Waals surface area (Å²) >= 11 is 0. The van der Waals surface area contributed by atoms with E-state index in [-0.39, 0.29) is 12.6 Å². The Hall–Kier alpha value is -1.72. The minimum Gasteiger partial charge on any atom is -0.394 e. The van der Waals surface area contributed by atoms with E-state index in [4.69, 9.17) is 10.8 Å². The highest BCUT2D eigenvalue weighted by atomic mass is 16.3. The van der Waals surface area contributed by atoms with Gasteiger partial charge in [-0.3, -0.25) is 0 Å². The largest absolute Gasteiger partial charge is 0.394 e. The maximum absolute atomic E-state index is 8.87. The van der Waals surface area contributed by atoms with E-state index in [1.807, 2.05) is 24.4 Å². The summed E-state index contributed by atoms with van der Waals surface area (Å²) in [6, 6.07) is 5.11. The minimum atomic E-state index is -0.371. The molecule has 3 N–H and O–H groups in total. The molecule has 5 nitrogen and oxygen atoms in total. The Labute approximate surface area is 87.2 Å².